The number of nitrogens with one attached hydrogen (secondary N) is 2. The zero-order chi connectivity index (χ0) is 26.4. The number of hydrogen-bond donors (Lipinski definition) is 2. The van der Waals surface area contributed by atoms with Crippen molar-refractivity contribution < 1.29 is 8.42 Å². The molecule has 38 heavy (non-hydrogen) atoms. The van der Waals surface area contributed by atoms with Crippen LogP contribution in [0.25, 0.3) is 33.5 Å². The van der Waals surface area contributed by atoms with Crippen molar-refractivity contribution in [3.63, 3.8) is 0 Å². The van der Waals surface area contributed by atoms with Gasteiger partial charge in [-0.1, -0.05) is 6.92 Å². The average Bonchev–Trinajstić information content (AvgIpc) is 3.68. The van der Waals surface area contributed by atoms with Gasteiger partial charge in [0, 0.05) is 47.4 Å². The molecule has 1 aliphatic carbocycles. The second-order valence-electron chi connectivity index (χ2n) is 10.9. The van der Waals surface area contributed by atoms with E-state index in [0.29, 0.717) is 23.4 Å². The van der Waals surface area contributed by atoms with Crippen molar-refractivity contribution in [3.8, 4) is 22.4 Å². The van der Waals surface area contributed by atoms with Crippen LogP contribution in [0.1, 0.15) is 58.4 Å². The molecular formula is C28H35N7O2S. The molecule has 2 fully saturated rings. The maximum absolute atomic E-state index is 12.8. The molecule has 1 saturated carbocycles. The number of fused-ring (bicyclic) bond motifs is 1. The third-order valence-electron chi connectivity index (χ3n) is 8.30. The lowest BCUT2D eigenvalue weighted by Crippen LogP contribution is -2.27. The number of benzene rings is 1. The first-order chi connectivity index (χ1) is 18.3. The van der Waals surface area contributed by atoms with Crippen LogP contribution in [0.2, 0.25) is 0 Å². The maximum atomic E-state index is 12.8. The third kappa shape index (κ3) is 4.60. The van der Waals surface area contributed by atoms with Gasteiger partial charge in [0.2, 0.25) is 10.0 Å². The molecule has 2 aliphatic rings. The second kappa shape index (κ2) is 9.81. The largest absolute Gasteiger partial charge is 0.369 e. The van der Waals surface area contributed by atoms with Crippen molar-refractivity contribution in [2.24, 2.45) is 5.92 Å². The Balaban J connectivity index is 1.40. The third-order valence-corrected chi connectivity index (χ3v) is 9.70. The number of nitrogens with zero attached hydrogens (tertiary/aromatic N) is 5. The Morgan fingerprint density at radius 3 is 2.58 bits per heavy atom. The summed E-state index contributed by atoms with van der Waals surface area (Å²) in [7, 11) is -2.20. The minimum atomic E-state index is -3.63. The molecule has 1 saturated heterocycles. The molecule has 0 amide bonds. The summed E-state index contributed by atoms with van der Waals surface area (Å²) in [6, 6.07) is 6.26. The smallest absolute Gasteiger partial charge is 0.240 e. The predicted molar refractivity (Wildman–Crippen MR) is 150 cm³/mol. The Morgan fingerprint density at radius 1 is 1.03 bits per heavy atom. The van der Waals surface area contributed by atoms with E-state index in [1.807, 2.05) is 18.5 Å². The lowest BCUT2D eigenvalue weighted by Gasteiger charge is -2.26. The number of rotatable bonds is 6. The van der Waals surface area contributed by atoms with E-state index >= 15 is 0 Å². The van der Waals surface area contributed by atoms with E-state index in [1.54, 1.807) is 18.3 Å². The van der Waals surface area contributed by atoms with Crippen molar-refractivity contribution in [3.05, 3.63) is 43.0 Å². The molecule has 1 aromatic carbocycles. The number of aromatic amines is 1. The summed E-state index contributed by atoms with van der Waals surface area (Å²) in [5.74, 6) is 0.791. The number of anilines is 1. The minimum Gasteiger partial charge on any atom is -0.369 e. The molecule has 6 rings (SSSR count). The van der Waals surface area contributed by atoms with Crippen LogP contribution in [0.15, 0.2) is 47.9 Å². The van der Waals surface area contributed by atoms with Crippen molar-refractivity contribution in [2.75, 3.05) is 18.5 Å². The van der Waals surface area contributed by atoms with Gasteiger partial charge in [-0.05, 0) is 76.6 Å². The highest BCUT2D eigenvalue weighted by atomic mass is 32.2. The molecular weight excluding hydrogens is 498 g/mol. The van der Waals surface area contributed by atoms with Crippen molar-refractivity contribution in [1.82, 2.24) is 29.5 Å². The van der Waals surface area contributed by atoms with Gasteiger partial charge in [0.25, 0.3) is 0 Å². The number of H-pyrrole nitrogens is 1. The van der Waals surface area contributed by atoms with Crippen LogP contribution in [0.5, 0.6) is 0 Å². The molecule has 1 unspecified atom stereocenters. The standard InChI is InChI=1S/C28H35N7O2S/c1-18-6-8-22(9-7-18)35-17-21(14-32-35)25-15-30-28-27(25)33-26(16-31-28)20-11-23(34-10-4-5-19(34)2)13-24(12-20)38(36,37)29-3/h11-19,22,29H,4-10H2,1-3H3,(H,30,31). The van der Waals surface area contributed by atoms with Crippen LogP contribution in [0, 0.1) is 5.92 Å². The van der Waals surface area contributed by atoms with Gasteiger partial charge in [0.05, 0.1) is 29.0 Å². The van der Waals surface area contributed by atoms with Gasteiger partial charge in [0.15, 0.2) is 5.65 Å². The molecule has 0 bridgehead atoms. The number of hydrogen-bond acceptors (Lipinski definition) is 6. The SMILES string of the molecule is CNS(=O)(=O)c1cc(-c2cnc3[nH]cc(-c4cnn(C5CCC(C)CC5)c4)c3n2)cc(N2CCCC2C)c1. The first-order valence-electron chi connectivity index (χ1n) is 13.6. The molecule has 200 valence electrons. The van der Waals surface area contributed by atoms with E-state index in [1.165, 1.54) is 19.9 Å². The van der Waals surface area contributed by atoms with Gasteiger partial charge >= 0.3 is 0 Å². The second-order valence-corrected chi connectivity index (χ2v) is 12.8. The zero-order valence-electron chi connectivity index (χ0n) is 22.2. The van der Waals surface area contributed by atoms with E-state index in [2.05, 4.69) is 44.3 Å². The molecule has 9 nitrogen and oxygen atoms in total. The fourth-order valence-corrected chi connectivity index (χ4v) is 6.71. The highest BCUT2D eigenvalue weighted by molar-refractivity contribution is 7.89. The summed E-state index contributed by atoms with van der Waals surface area (Å²) in [5, 5.41) is 4.69. The lowest BCUT2D eigenvalue weighted by molar-refractivity contribution is 0.274. The van der Waals surface area contributed by atoms with Gasteiger partial charge in [-0.25, -0.2) is 23.1 Å². The molecule has 4 heterocycles. The Morgan fingerprint density at radius 2 is 1.84 bits per heavy atom. The van der Waals surface area contributed by atoms with Crippen LogP contribution in [0.3, 0.4) is 0 Å². The highest BCUT2D eigenvalue weighted by Gasteiger charge is 2.25. The van der Waals surface area contributed by atoms with Gasteiger partial charge in [-0.2, -0.15) is 5.10 Å². The van der Waals surface area contributed by atoms with Crippen LogP contribution in [-0.2, 0) is 10.0 Å². The fraction of sp³-hybridized carbons (Fsp3) is 0.464. The Labute approximate surface area is 223 Å². The van der Waals surface area contributed by atoms with Gasteiger partial charge < -0.3 is 9.88 Å². The summed E-state index contributed by atoms with van der Waals surface area (Å²) in [6.45, 7) is 5.41. The van der Waals surface area contributed by atoms with Crippen LogP contribution in [-0.4, -0.2) is 52.8 Å². The van der Waals surface area contributed by atoms with Crippen LogP contribution >= 0.6 is 0 Å². The van der Waals surface area contributed by atoms with Gasteiger partial charge in [-0.3, -0.25) is 4.68 Å². The summed E-state index contributed by atoms with van der Waals surface area (Å²) in [6.07, 6.45) is 14.6. The summed E-state index contributed by atoms with van der Waals surface area (Å²) >= 11 is 0. The first-order valence-corrected chi connectivity index (χ1v) is 15.0. The molecule has 0 spiro atoms. The predicted octanol–water partition coefficient (Wildman–Crippen LogP) is 5.14. The van der Waals surface area contributed by atoms with Gasteiger partial charge in [-0.15, -0.1) is 0 Å². The normalized spacial score (nSPS) is 22.4. The molecule has 10 heteroatoms. The van der Waals surface area contributed by atoms with E-state index in [4.69, 9.17) is 10.1 Å². The topological polar surface area (TPSA) is 109 Å². The van der Waals surface area contributed by atoms with E-state index < -0.39 is 10.0 Å². The summed E-state index contributed by atoms with van der Waals surface area (Å²) < 4.78 is 30.2. The average molecular weight is 534 g/mol. The molecule has 0 radical (unpaired) electrons. The zero-order valence-corrected chi connectivity index (χ0v) is 23.0. The van der Waals surface area contributed by atoms with E-state index in [-0.39, 0.29) is 4.90 Å². The van der Waals surface area contributed by atoms with E-state index in [0.717, 1.165) is 66.0 Å². The molecule has 1 aliphatic heterocycles. The Hall–Kier alpha value is -3.24. The quantitative estimate of drug-likeness (QED) is 0.355. The maximum Gasteiger partial charge on any atom is 0.240 e. The lowest BCUT2D eigenvalue weighted by atomic mass is 9.87. The summed E-state index contributed by atoms with van der Waals surface area (Å²) in [4.78, 5) is 15.4. The van der Waals surface area contributed by atoms with Crippen LogP contribution < -0.4 is 9.62 Å². The monoisotopic (exact) mass is 533 g/mol. The number of aromatic nitrogens is 5. The number of sulfonamides is 1. The molecule has 2 N–H and O–H groups in total. The molecule has 1 atom stereocenters. The van der Waals surface area contributed by atoms with Crippen molar-refractivity contribution in [1.29, 1.82) is 0 Å². The first kappa shape index (κ1) is 25.1. The van der Waals surface area contributed by atoms with Crippen molar-refractivity contribution >= 4 is 26.9 Å². The minimum absolute atomic E-state index is 0.228. The molecule has 3 aromatic heterocycles. The van der Waals surface area contributed by atoms with Crippen molar-refractivity contribution in [2.45, 2.75) is 69.4 Å². The fourth-order valence-electron chi connectivity index (χ4n) is 5.92. The Kier molecular flexibility index (Phi) is 6.47. The van der Waals surface area contributed by atoms with Crippen LogP contribution in [0.4, 0.5) is 5.69 Å². The molecule has 4 aromatic rings. The van der Waals surface area contributed by atoms with E-state index in [9.17, 15) is 8.42 Å². The highest BCUT2D eigenvalue weighted by Crippen LogP contribution is 2.35. The van der Waals surface area contributed by atoms with Gasteiger partial charge in [0.1, 0.15) is 5.52 Å². The summed E-state index contributed by atoms with van der Waals surface area (Å²) in [5.41, 5.74) is 5.63. The Bertz CT molecular complexity index is 1570.